The van der Waals surface area contributed by atoms with E-state index in [1.165, 1.54) is 5.56 Å². The van der Waals surface area contributed by atoms with Gasteiger partial charge in [-0.1, -0.05) is 99.6 Å². The van der Waals surface area contributed by atoms with Gasteiger partial charge in [-0.15, -0.1) is 0 Å². The van der Waals surface area contributed by atoms with Gasteiger partial charge in [-0.2, -0.15) is 5.26 Å². The molecule has 2 heterocycles. The first-order valence-electron chi connectivity index (χ1n) is 19.4. The second kappa shape index (κ2) is 18.1. The molecule has 0 spiro atoms. The molecule has 0 aliphatic carbocycles. The molecule has 4 aromatic rings. The van der Waals surface area contributed by atoms with Crippen molar-refractivity contribution in [2.24, 2.45) is 0 Å². The molecule has 1 saturated heterocycles. The molecule has 0 aromatic heterocycles. The summed E-state index contributed by atoms with van der Waals surface area (Å²) in [5, 5.41) is 9.18. The van der Waals surface area contributed by atoms with Gasteiger partial charge in [0.1, 0.15) is 6.04 Å². The number of nitriles is 1. The van der Waals surface area contributed by atoms with E-state index < -0.39 is 6.04 Å². The van der Waals surface area contributed by atoms with Gasteiger partial charge < -0.3 is 19.6 Å². The Morgan fingerprint density at radius 3 is 2.02 bits per heavy atom. The van der Waals surface area contributed by atoms with E-state index in [9.17, 15) is 19.6 Å². The normalized spacial score (nSPS) is 15.4. The van der Waals surface area contributed by atoms with Crippen molar-refractivity contribution in [3.63, 3.8) is 0 Å². The van der Waals surface area contributed by atoms with Gasteiger partial charge in [0.25, 0.3) is 0 Å². The summed E-state index contributed by atoms with van der Waals surface area (Å²) in [6.07, 6.45) is 7.53. The largest absolute Gasteiger partial charge is 0.345 e. The second-order valence-corrected chi connectivity index (χ2v) is 15.7. The molecule has 0 saturated carbocycles. The smallest absolute Gasteiger partial charge is 0.247 e. The molecule has 0 bridgehead atoms. The number of amides is 3. The van der Waals surface area contributed by atoms with Gasteiger partial charge in [0.2, 0.25) is 17.7 Å². The maximum atomic E-state index is 14.7. The van der Waals surface area contributed by atoms with Crippen LogP contribution in [0.1, 0.15) is 61.1 Å². The van der Waals surface area contributed by atoms with Crippen molar-refractivity contribution in [3.8, 4) is 6.07 Å². The van der Waals surface area contributed by atoms with Crippen LogP contribution in [0.4, 0.5) is 5.69 Å². The Labute approximate surface area is 331 Å². The van der Waals surface area contributed by atoms with Crippen LogP contribution in [0.5, 0.6) is 0 Å². The van der Waals surface area contributed by atoms with Gasteiger partial charge in [-0.25, -0.2) is 0 Å². The molecule has 0 radical (unpaired) electrons. The standard InChI is InChI=1S/C47H52N6O3/c1-36(54)50-28-30-51(31-29-50)43-21-16-41(17-22-43)35-53(45(55)23-18-37-14-19-42(20-15-37)47(2,3)4)44(32-38-8-6-5-7-9-38)46(56)52-26-24-49(25-27-52)34-40-12-10-39(33-48)11-13-40/h5-23,28,30,44H,24-27,29,31-32,34-35H2,1-4H3/b23-18+. The minimum Gasteiger partial charge on any atom is -0.345 e. The Hall–Kier alpha value is -5.98. The van der Waals surface area contributed by atoms with Crippen LogP contribution in [0.15, 0.2) is 122 Å². The van der Waals surface area contributed by atoms with Crippen molar-refractivity contribution in [2.45, 2.75) is 58.7 Å². The predicted molar refractivity (Wildman–Crippen MR) is 222 cm³/mol. The van der Waals surface area contributed by atoms with Crippen LogP contribution in [0, 0.1) is 11.3 Å². The highest BCUT2D eigenvalue weighted by Gasteiger charge is 2.34. The fraction of sp³-hybridized carbons (Fsp3) is 0.319. The first-order valence-corrected chi connectivity index (χ1v) is 19.4. The lowest BCUT2D eigenvalue weighted by atomic mass is 9.87. The minimum absolute atomic E-state index is 0.0153. The molecule has 3 amide bonds. The molecule has 9 nitrogen and oxygen atoms in total. The molecule has 4 aromatic carbocycles. The predicted octanol–water partition coefficient (Wildman–Crippen LogP) is 6.99. The number of rotatable bonds is 11. The molecule has 1 unspecified atom stereocenters. The number of hydrogen-bond donors (Lipinski definition) is 0. The van der Waals surface area contributed by atoms with Crippen LogP contribution in [0.2, 0.25) is 0 Å². The molecule has 56 heavy (non-hydrogen) atoms. The third kappa shape index (κ3) is 10.4. The summed E-state index contributed by atoms with van der Waals surface area (Å²) in [4.78, 5) is 50.8. The van der Waals surface area contributed by atoms with Crippen molar-refractivity contribution in [2.75, 3.05) is 44.2 Å². The van der Waals surface area contributed by atoms with Gasteiger partial charge in [0, 0.05) is 89.9 Å². The van der Waals surface area contributed by atoms with E-state index in [1.54, 1.807) is 29.0 Å². The summed E-state index contributed by atoms with van der Waals surface area (Å²) in [5.41, 5.74) is 6.79. The summed E-state index contributed by atoms with van der Waals surface area (Å²) in [6, 6.07) is 35.4. The van der Waals surface area contributed by atoms with Crippen LogP contribution < -0.4 is 4.90 Å². The van der Waals surface area contributed by atoms with Crippen molar-refractivity contribution in [1.82, 2.24) is 19.6 Å². The lowest BCUT2D eigenvalue weighted by Crippen LogP contribution is -2.56. The third-order valence-electron chi connectivity index (χ3n) is 10.6. The lowest BCUT2D eigenvalue weighted by molar-refractivity contribution is -0.145. The SMILES string of the molecule is CC(=O)N1C=CN(c2ccc(CN(C(=O)/C=C/c3ccc(C(C)(C)C)cc3)C(Cc3ccccc3)C(=O)N3CCN(Cc4ccc(C#N)cc4)CC3)cc2)CC1. The average molecular weight is 749 g/mol. The van der Waals surface area contributed by atoms with Crippen LogP contribution in [-0.4, -0.2) is 82.6 Å². The second-order valence-electron chi connectivity index (χ2n) is 15.7. The highest BCUT2D eigenvalue weighted by atomic mass is 16.2. The van der Waals surface area contributed by atoms with Crippen molar-refractivity contribution >= 4 is 29.5 Å². The zero-order chi connectivity index (χ0) is 39.7. The number of anilines is 1. The fourth-order valence-corrected chi connectivity index (χ4v) is 7.14. The van der Waals surface area contributed by atoms with E-state index in [0.717, 1.165) is 34.5 Å². The molecular weight excluding hydrogens is 697 g/mol. The average Bonchev–Trinajstić information content (AvgIpc) is 3.22. The number of piperazine rings is 1. The monoisotopic (exact) mass is 748 g/mol. The maximum absolute atomic E-state index is 14.7. The van der Waals surface area contributed by atoms with E-state index in [0.29, 0.717) is 51.3 Å². The number of benzene rings is 4. The van der Waals surface area contributed by atoms with E-state index in [1.807, 2.05) is 108 Å². The summed E-state index contributed by atoms with van der Waals surface area (Å²) in [5.74, 6) is -0.277. The molecule has 288 valence electrons. The first kappa shape index (κ1) is 39.7. The molecule has 2 aliphatic heterocycles. The maximum Gasteiger partial charge on any atom is 0.247 e. The molecule has 1 atom stereocenters. The van der Waals surface area contributed by atoms with Crippen molar-refractivity contribution < 1.29 is 14.4 Å². The Kier molecular flexibility index (Phi) is 12.8. The molecule has 0 N–H and O–H groups in total. The van der Waals surface area contributed by atoms with Gasteiger partial charge in [0.15, 0.2) is 0 Å². The number of hydrogen-bond acceptors (Lipinski definition) is 6. The van der Waals surface area contributed by atoms with Gasteiger partial charge in [0.05, 0.1) is 11.6 Å². The summed E-state index contributed by atoms with van der Waals surface area (Å²) >= 11 is 0. The topological polar surface area (TPSA) is 91.2 Å². The Bertz CT molecular complexity index is 2050. The molecular formula is C47H52N6O3. The fourth-order valence-electron chi connectivity index (χ4n) is 7.14. The van der Waals surface area contributed by atoms with Gasteiger partial charge >= 0.3 is 0 Å². The quantitative estimate of drug-likeness (QED) is 0.154. The number of nitrogens with zero attached hydrogens (tertiary/aromatic N) is 6. The third-order valence-corrected chi connectivity index (χ3v) is 10.6. The van der Waals surface area contributed by atoms with Gasteiger partial charge in [-0.3, -0.25) is 19.3 Å². The minimum atomic E-state index is -0.731. The molecule has 2 aliphatic rings. The van der Waals surface area contributed by atoms with E-state index in [4.69, 9.17) is 0 Å². The van der Waals surface area contributed by atoms with Crippen LogP contribution in [0.25, 0.3) is 6.08 Å². The summed E-state index contributed by atoms with van der Waals surface area (Å²) < 4.78 is 0. The van der Waals surface area contributed by atoms with E-state index >= 15 is 0 Å². The van der Waals surface area contributed by atoms with E-state index in [-0.39, 0.29) is 29.7 Å². The molecule has 1 fully saturated rings. The van der Waals surface area contributed by atoms with Crippen molar-refractivity contribution in [3.05, 3.63) is 155 Å². The van der Waals surface area contributed by atoms with Crippen LogP contribution in [-0.2, 0) is 39.3 Å². The van der Waals surface area contributed by atoms with E-state index in [2.05, 4.69) is 48.8 Å². The van der Waals surface area contributed by atoms with Crippen LogP contribution in [0.3, 0.4) is 0 Å². The highest BCUT2D eigenvalue weighted by Crippen LogP contribution is 2.24. The number of carbonyl (C=O) groups is 3. The zero-order valence-electron chi connectivity index (χ0n) is 33.0. The van der Waals surface area contributed by atoms with Gasteiger partial charge in [-0.05, 0) is 63.6 Å². The summed E-state index contributed by atoms with van der Waals surface area (Å²) in [6.45, 7) is 12.9. The Balaban J connectivity index is 1.25. The Morgan fingerprint density at radius 1 is 0.768 bits per heavy atom. The summed E-state index contributed by atoms with van der Waals surface area (Å²) in [7, 11) is 0. The number of carbonyl (C=O) groups excluding carboxylic acids is 3. The Morgan fingerprint density at radius 2 is 1.43 bits per heavy atom. The zero-order valence-corrected chi connectivity index (χ0v) is 33.0. The highest BCUT2D eigenvalue weighted by molar-refractivity contribution is 5.96. The van der Waals surface area contributed by atoms with Crippen molar-refractivity contribution in [1.29, 1.82) is 5.26 Å². The first-order chi connectivity index (χ1) is 27.0. The van der Waals surface area contributed by atoms with Crippen LogP contribution >= 0.6 is 0 Å². The molecule has 9 heteroatoms. The lowest BCUT2D eigenvalue weighted by Gasteiger charge is -2.39. The molecule has 6 rings (SSSR count).